The molecule has 2 aliphatic heterocycles. The highest BCUT2D eigenvalue weighted by Crippen LogP contribution is 2.53. The molecule has 198 valence electrons. The van der Waals surface area contributed by atoms with E-state index in [1.54, 1.807) is 0 Å². The Morgan fingerprint density at radius 3 is 2.17 bits per heavy atom. The maximum atomic E-state index is 14.0. The molecular formula is C28H40N2O6. The summed E-state index contributed by atoms with van der Waals surface area (Å²) < 4.78 is 5.52. The van der Waals surface area contributed by atoms with E-state index in [0.29, 0.717) is 29.9 Å². The molecule has 36 heavy (non-hydrogen) atoms. The number of aliphatic carboxylic acids is 2. The molecule has 4 rings (SSSR count). The van der Waals surface area contributed by atoms with Crippen LogP contribution in [-0.2, 0) is 24.5 Å². The molecule has 3 fully saturated rings. The van der Waals surface area contributed by atoms with Crippen LogP contribution in [0.1, 0.15) is 51.5 Å². The van der Waals surface area contributed by atoms with Crippen LogP contribution in [0.4, 0.5) is 0 Å². The highest BCUT2D eigenvalue weighted by atomic mass is 16.5. The zero-order valence-corrected chi connectivity index (χ0v) is 21.5. The van der Waals surface area contributed by atoms with Gasteiger partial charge in [-0.05, 0) is 57.1 Å². The largest absolute Gasteiger partial charge is 0.478 e. The summed E-state index contributed by atoms with van der Waals surface area (Å²) in [5.41, 5.74) is 0.941. The second-order valence-electron chi connectivity index (χ2n) is 10.2. The van der Waals surface area contributed by atoms with Gasteiger partial charge < -0.3 is 19.8 Å². The van der Waals surface area contributed by atoms with Gasteiger partial charge in [0, 0.05) is 37.8 Å². The van der Waals surface area contributed by atoms with E-state index in [1.807, 2.05) is 0 Å². The van der Waals surface area contributed by atoms with Crippen molar-refractivity contribution in [2.45, 2.75) is 57.4 Å². The SMILES string of the molecule is CC(C)N1CC(CCN2CCOCC2)C(c2ccccc2)(C2CCCC2)C1=O.O=C(O)/C=C/C(=O)O. The lowest BCUT2D eigenvalue weighted by atomic mass is 9.62. The van der Waals surface area contributed by atoms with Gasteiger partial charge in [0.25, 0.3) is 0 Å². The van der Waals surface area contributed by atoms with Crippen molar-refractivity contribution in [1.82, 2.24) is 9.80 Å². The predicted molar refractivity (Wildman–Crippen MR) is 137 cm³/mol. The number of carbonyl (C=O) groups excluding carboxylic acids is 1. The summed E-state index contributed by atoms with van der Waals surface area (Å²) in [7, 11) is 0. The molecule has 0 bridgehead atoms. The first-order valence-electron chi connectivity index (χ1n) is 13.1. The fourth-order valence-electron chi connectivity index (χ4n) is 6.14. The first-order chi connectivity index (χ1) is 17.3. The Kier molecular flexibility index (Phi) is 10.1. The molecule has 1 amide bonds. The molecule has 2 saturated heterocycles. The van der Waals surface area contributed by atoms with Crippen LogP contribution in [0.5, 0.6) is 0 Å². The topological polar surface area (TPSA) is 107 Å². The minimum atomic E-state index is -1.26. The molecule has 1 aromatic rings. The number of ether oxygens (including phenoxy) is 1. The molecule has 1 aliphatic carbocycles. The van der Waals surface area contributed by atoms with Gasteiger partial charge in [-0.2, -0.15) is 0 Å². The van der Waals surface area contributed by atoms with Crippen LogP contribution >= 0.6 is 0 Å². The summed E-state index contributed by atoms with van der Waals surface area (Å²) >= 11 is 0. The predicted octanol–water partition coefficient (Wildman–Crippen LogP) is 3.42. The lowest BCUT2D eigenvalue weighted by molar-refractivity contribution is -0.136. The van der Waals surface area contributed by atoms with Crippen molar-refractivity contribution in [3.63, 3.8) is 0 Å². The number of likely N-dealkylation sites (tertiary alicyclic amines) is 1. The van der Waals surface area contributed by atoms with Gasteiger partial charge in [-0.25, -0.2) is 9.59 Å². The molecule has 0 spiro atoms. The minimum absolute atomic E-state index is 0.269. The molecule has 2 N–H and O–H groups in total. The molecule has 1 saturated carbocycles. The Bertz CT molecular complexity index is 890. The zero-order chi connectivity index (χ0) is 26.1. The van der Waals surface area contributed by atoms with Crippen molar-refractivity contribution >= 4 is 17.8 Å². The van der Waals surface area contributed by atoms with Crippen molar-refractivity contribution in [1.29, 1.82) is 0 Å². The van der Waals surface area contributed by atoms with Gasteiger partial charge in [-0.15, -0.1) is 0 Å². The van der Waals surface area contributed by atoms with Gasteiger partial charge in [-0.3, -0.25) is 9.69 Å². The van der Waals surface area contributed by atoms with Crippen molar-refractivity contribution in [3.05, 3.63) is 48.0 Å². The third-order valence-electron chi connectivity index (χ3n) is 7.82. The summed E-state index contributed by atoms with van der Waals surface area (Å²) in [4.78, 5) is 37.8. The zero-order valence-electron chi connectivity index (χ0n) is 21.5. The van der Waals surface area contributed by atoms with Gasteiger partial charge in [0.1, 0.15) is 0 Å². The average molecular weight is 501 g/mol. The van der Waals surface area contributed by atoms with Gasteiger partial charge in [-0.1, -0.05) is 43.2 Å². The molecule has 0 aromatic heterocycles. The number of rotatable bonds is 8. The molecule has 1 aromatic carbocycles. The van der Waals surface area contributed by atoms with Crippen LogP contribution in [0.2, 0.25) is 0 Å². The number of benzene rings is 1. The lowest BCUT2D eigenvalue weighted by Gasteiger charge is -2.40. The normalized spacial score (nSPS) is 25.4. The summed E-state index contributed by atoms with van der Waals surface area (Å²) in [5.74, 6) is -1.23. The van der Waals surface area contributed by atoms with Crippen molar-refractivity contribution < 1.29 is 29.3 Å². The molecule has 8 heteroatoms. The Balaban J connectivity index is 0.000000392. The molecule has 2 atom stereocenters. The van der Waals surface area contributed by atoms with Crippen molar-refractivity contribution in [2.24, 2.45) is 11.8 Å². The Labute approximate surface area is 213 Å². The number of carbonyl (C=O) groups is 3. The second kappa shape index (κ2) is 13.0. The van der Waals surface area contributed by atoms with Gasteiger partial charge in [0.05, 0.1) is 18.6 Å². The average Bonchev–Trinajstić information content (AvgIpc) is 3.50. The first kappa shape index (κ1) is 27.9. The van der Waals surface area contributed by atoms with Gasteiger partial charge in [0.2, 0.25) is 5.91 Å². The standard InChI is InChI=1S/C24H36N2O2.C4H4O4/c1-19(2)26-18-22(12-13-25-14-16-28-17-15-25)24(23(26)27,21-10-6-7-11-21)20-8-4-3-5-9-20;5-3(6)1-2-4(7)8/h3-5,8-9,19,21-22H,6-7,10-18H2,1-2H3;1-2H,(H,5,6)(H,7,8)/b;2-1+. The summed E-state index contributed by atoms with van der Waals surface area (Å²) in [6.07, 6.45) is 7.14. The molecule has 3 aliphatic rings. The minimum Gasteiger partial charge on any atom is -0.478 e. The van der Waals surface area contributed by atoms with E-state index >= 15 is 0 Å². The second-order valence-corrected chi connectivity index (χ2v) is 10.2. The van der Waals surface area contributed by atoms with Crippen LogP contribution in [0.3, 0.4) is 0 Å². The highest BCUT2D eigenvalue weighted by Gasteiger charge is 2.59. The fraction of sp³-hybridized carbons (Fsp3) is 0.607. The van der Waals surface area contributed by atoms with Crippen LogP contribution < -0.4 is 0 Å². The van der Waals surface area contributed by atoms with E-state index in [1.165, 1.54) is 31.2 Å². The number of carboxylic acids is 2. The first-order valence-corrected chi connectivity index (χ1v) is 13.1. The van der Waals surface area contributed by atoms with E-state index in [0.717, 1.165) is 45.8 Å². The van der Waals surface area contributed by atoms with Crippen LogP contribution in [0.25, 0.3) is 0 Å². The number of hydrogen-bond acceptors (Lipinski definition) is 5. The third kappa shape index (κ3) is 6.53. The van der Waals surface area contributed by atoms with Crippen molar-refractivity contribution in [2.75, 3.05) is 39.4 Å². The Morgan fingerprint density at radius 1 is 1.06 bits per heavy atom. The lowest BCUT2D eigenvalue weighted by Crippen LogP contribution is -2.48. The van der Waals surface area contributed by atoms with Crippen LogP contribution in [-0.4, -0.2) is 83.3 Å². The summed E-state index contributed by atoms with van der Waals surface area (Å²) in [6.45, 7) is 10.1. The fourth-order valence-corrected chi connectivity index (χ4v) is 6.14. The monoisotopic (exact) mass is 500 g/mol. The number of carboxylic acid groups (broad SMARTS) is 2. The maximum absolute atomic E-state index is 14.0. The number of nitrogens with zero attached hydrogens (tertiary/aromatic N) is 2. The molecule has 8 nitrogen and oxygen atoms in total. The molecule has 0 radical (unpaired) electrons. The number of amides is 1. The quantitative estimate of drug-likeness (QED) is 0.527. The van der Waals surface area contributed by atoms with Gasteiger partial charge >= 0.3 is 11.9 Å². The summed E-state index contributed by atoms with van der Waals surface area (Å²) in [5, 5.41) is 15.6. The highest BCUT2D eigenvalue weighted by molar-refractivity contribution is 5.92. The van der Waals surface area contributed by atoms with E-state index in [-0.39, 0.29) is 11.5 Å². The third-order valence-corrected chi connectivity index (χ3v) is 7.82. The summed E-state index contributed by atoms with van der Waals surface area (Å²) in [6, 6.07) is 11.0. The number of morpholine rings is 1. The van der Waals surface area contributed by atoms with E-state index in [9.17, 15) is 14.4 Å². The van der Waals surface area contributed by atoms with Crippen molar-refractivity contribution in [3.8, 4) is 0 Å². The smallest absolute Gasteiger partial charge is 0.328 e. The maximum Gasteiger partial charge on any atom is 0.328 e. The van der Waals surface area contributed by atoms with E-state index in [2.05, 4.69) is 54.0 Å². The number of hydrogen-bond donors (Lipinski definition) is 2. The molecular weight excluding hydrogens is 460 g/mol. The Hall–Kier alpha value is -2.71. The molecule has 2 unspecified atom stereocenters. The van der Waals surface area contributed by atoms with E-state index < -0.39 is 11.9 Å². The Morgan fingerprint density at radius 2 is 1.64 bits per heavy atom. The van der Waals surface area contributed by atoms with Crippen LogP contribution in [0, 0.1) is 11.8 Å². The van der Waals surface area contributed by atoms with Crippen LogP contribution in [0.15, 0.2) is 42.5 Å². The van der Waals surface area contributed by atoms with E-state index in [4.69, 9.17) is 14.9 Å². The van der Waals surface area contributed by atoms with Gasteiger partial charge in [0.15, 0.2) is 0 Å². The molecule has 2 heterocycles.